The number of carbonyl (C=O) groups excluding carboxylic acids is 2. The van der Waals surface area contributed by atoms with Crippen LogP contribution in [0.25, 0.3) is 5.57 Å². The first kappa shape index (κ1) is 23.6. The Balaban J connectivity index is 2.60. The lowest BCUT2D eigenvalue weighted by atomic mass is 9.98. The fraction of sp³-hybridized carbons (Fsp3) is 0.261. The van der Waals surface area contributed by atoms with Crippen molar-refractivity contribution < 1.29 is 19.1 Å². The van der Waals surface area contributed by atoms with Crippen LogP contribution in [0.3, 0.4) is 0 Å². The fourth-order valence-corrected chi connectivity index (χ4v) is 3.24. The van der Waals surface area contributed by atoms with Crippen molar-refractivity contribution in [1.82, 2.24) is 0 Å². The number of hydrogen-bond donors (Lipinski definition) is 0. The molecule has 0 N–H and O–H groups in total. The molecule has 2 aromatic carbocycles. The van der Waals surface area contributed by atoms with Crippen LogP contribution in [0, 0.1) is 0 Å². The van der Waals surface area contributed by atoms with E-state index in [0.717, 1.165) is 5.56 Å². The lowest BCUT2D eigenvalue weighted by molar-refractivity contribution is -0.146. The van der Waals surface area contributed by atoms with Crippen LogP contribution in [0.5, 0.6) is 0 Å². The number of hydrogen-bond acceptors (Lipinski definition) is 5. The van der Waals surface area contributed by atoms with Crippen molar-refractivity contribution >= 4 is 52.3 Å². The third-order valence-electron chi connectivity index (χ3n) is 4.10. The van der Waals surface area contributed by atoms with Gasteiger partial charge in [-0.2, -0.15) is 0 Å². The maximum absolute atomic E-state index is 11.7. The minimum absolute atomic E-state index is 0.00455. The van der Waals surface area contributed by atoms with E-state index in [1.807, 2.05) is 25.1 Å². The van der Waals surface area contributed by atoms with Gasteiger partial charge in [0.1, 0.15) is 0 Å². The van der Waals surface area contributed by atoms with Crippen LogP contribution in [-0.2, 0) is 19.1 Å². The summed E-state index contributed by atoms with van der Waals surface area (Å²) in [5, 5.41) is 1.01. The highest BCUT2D eigenvalue weighted by atomic mass is 35.5. The Labute approximate surface area is 186 Å². The van der Waals surface area contributed by atoms with Crippen molar-refractivity contribution in [2.75, 3.05) is 0 Å². The number of nitrogens with zero attached hydrogens (tertiary/aromatic N) is 1. The molecule has 0 fully saturated rings. The van der Waals surface area contributed by atoms with E-state index in [9.17, 15) is 9.59 Å². The smallest absolute Gasteiger partial charge is 0.309 e. The minimum atomic E-state index is -0.798. The highest BCUT2D eigenvalue weighted by Crippen LogP contribution is 2.35. The van der Waals surface area contributed by atoms with E-state index >= 15 is 0 Å². The number of halogens is 2. The number of benzene rings is 2. The topological polar surface area (TPSA) is 65.0 Å². The highest BCUT2D eigenvalue weighted by molar-refractivity contribution is 6.33. The van der Waals surface area contributed by atoms with Gasteiger partial charge in [-0.1, -0.05) is 61.3 Å². The third-order valence-corrected chi connectivity index (χ3v) is 4.66. The summed E-state index contributed by atoms with van der Waals surface area (Å²) in [5.41, 5.74) is 2.38. The maximum atomic E-state index is 11.7. The van der Waals surface area contributed by atoms with Crippen molar-refractivity contribution in [2.24, 2.45) is 4.99 Å². The number of esters is 2. The largest absolute Gasteiger partial charge is 0.453 e. The summed E-state index contributed by atoms with van der Waals surface area (Å²) in [4.78, 5) is 27.8. The SMILES string of the molecule is C=C(c1ccccc1Cl)c1cc(Cl)ccc1N=C(OC(C)=O)C(CCC)OC(C)=O. The first-order valence-corrected chi connectivity index (χ1v) is 10.2. The molecule has 0 aliphatic carbocycles. The van der Waals surface area contributed by atoms with Crippen LogP contribution >= 0.6 is 23.2 Å². The van der Waals surface area contributed by atoms with Crippen LogP contribution < -0.4 is 0 Å². The molecular weight excluding hydrogens is 425 g/mol. The minimum Gasteiger partial charge on any atom is -0.453 e. The van der Waals surface area contributed by atoms with Crippen molar-refractivity contribution in [3.05, 3.63) is 70.2 Å². The number of aliphatic imine (C=N–C) groups is 1. The van der Waals surface area contributed by atoms with Gasteiger partial charge >= 0.3 is 11.9 Å². The standard InChI is InChI=1S/C23H23Cl2NO4/c1-5-8-22(29-15(3)27)23(30-16(4)28)26-21-12-11-17(24)13-19(21)14(2)18-9-6-7-10-20(18)25/h6-7,9-13,22H,2,5,8H2,1,3-4H3. The van der Waals surface area contributed by atoms with E-state index < -0.39 is 18.0 Å². The molecule has 158 valence electrons. The van der Waals surface area contributed by atoms with Crippen LogP contribution in [0.2, 0.25) is 10.0 Å². The zero-order chi connectivity index (χ0) is 22.3. The molecule has 0 bridgehead atoms. The van der Waals surface area contributed by atoms with Crippen molar-refractivity contribution in [1.29, 1.82) is 0 Å². The predicted octanol–water partition coefficient (Wildman–Crippen LogP) is 6.38. The Bertz CT molecular complexity index is 985. The molecule has 1 atom stereocenters. The van der Waals surface area contributed by atoms with E-state index in [1.165, 1.54) is 13.8 Å². The van der Waals surface area contributed by atoms with Crippen LogP contribution in [0.4, 0.5) is 5.69 Å². The molecular formula is C23H23Cl2NO4. The monoisotopic (exact) mass is 447 g/mol. The summed E-state index contributed by atoms with van der Waals surface area (Å²) in [6, 6.07) is 12.3. The van der Waals surface area contributed by atoms with Gasteiger partial charge in [-0.05, 0) is 36.3 Å². The Kier molecular flexibility index (Phi) is 8.63. The van der Waals surface area contributed by atoms with Gasteiger partial charge in [0.05, 0.1) is 5.69 Å². The molecule has 0 saturated carbocycles. The number of rotatable bonds is 7. The third kappa shape index (κ3) is 6.44. The first-order chi connectivity index (χ1) is 14.2. The van der Waals surface area contributed by atoms with Gasteiger partial charge in [-0.15, -0.1) is 0 Å². The van der Waals surface area contributed by atoms with Gasteiger partial charge in [0, 0.05) is 35.0 Å². The lowest BCUT2D eigenvalue weighted by Crippen LogP contribution is -2.29. The van der Waals surface area contributed by atoms with Crippen LogP contribution in [0.1, 0.15) is 44.7 Å². The molecule has 0 radical (unpaired) electrons. The summed E-state index contributed by atoms with van der Waals surface area (Å²) in [6.07, 6.45) is 0.339. The van der Waals surface area contributed by atoms with E-state index in [2.05, 4.69) is 11.6 Å². The Hall–Kier alpha value is -2.63. The number of carbonyl (C=O) groups is 2. The molecule has 2 rings (SSSR count). The van der Waals surface area contributed by atoms with Crippen LogP contribution in [-0.4, -0.2) is 23.9 Å². The Morgan fingerprint density at radius 1 is 1.07 bits per heavy atom. The van der Waals surface area contributed by atoms with E-state index in [4.69, 9.17) is 32.7 Å². The second-order valence-corrected chi connectivity index (χ2v) is 7.39. The quantitative estimate of drug-likeness (QED) is 0.280. The van der Waals surface area contributed by atoms with Gasteiger partial charge in [-0.3, -0.25) is 9.59 Å². The second kappa shape index (κ2) is 11.0. The van der Waals surface area contributed by atoms with E-state index in [1.54, 1.807) is 24.3 Å². The molecule has 30 heavy (non-hydrogen) atoms. The molecule has 2 aromatic rings. The molecule has 0 aromatic heterocycles. The van der Waals surface area contributed by atoms with Crippen molar-refractivity contribution in [3.63, 3.8) is 0 Å². The molecule has 0 amide bonds. The van der Waals surface area contributed by atoms with Gasteiger partial charge in [0.25, 0.3) is 0 Å². The van der Waals surface area contributed by atoms with Crippen molar-refractivity contribution in [2.45, 2.75) is 39.7 Å². The zero-order valence-electron chi connectivity index (χ0n) is 17.1. The second-order valence-electron chi connectivity index (χ2n) is 6.55. The van der Waals surface area contributed by atoms with Crippen LogP contribution in [0.15, 0.2) is 54.0 Å². The Morgan fingerprint density at radius 2 is 1.77 bits per heavy atom. The van der Waals surface area contributed by atoms with Crippen molar-refractivity contribution in [3.8, 4) is 0 Å². The average Bonchev–Trinajstić information content (AvgIpc) is 2.67. The number of ether oxygens (including phenoxy) is 2. The molecule has 5 nitrogen and oxygen atoms in total. The van der Waals surface area contributed by atoms with Gasteiger partial charge < -0.3 is 9.47 Å². The molecule has 1 unspecified atom stereocenters. The summed E-state index contributed by atoms with van der Waals surface area (Å²) in [6.45, 7) is 8.63. The maximum Gasteiger partial charge on any atom is 0.309 e. The lowest BCUT2D eigenvalue weighted by Gasteiger charge is -2.19. The fourth-order valence-electron chi connectivity index (χ4n) is 2.82. The molecule has 0 saturated heterocycles. The normalized spacial score (nSPS) is 12.2. The van der Waals surface area contributed by atoms with Gasteiger partial charge in [0.2, 0.25) is 5.90 Å². The van der Waals surface area contributed by atoms with E-state index in [0.29, 0.717) is 39.7 Å². The van der Waals surface area contributed by atoms with Gasteiger partial charge in [-0.25, -0.2) is 4.99 Å². The molecule has 0 spiro atoms. The molecule has 0 aliphatic rings. The molecule has 0 heterocycles. The Morgan fingerprint density at radius 3 is 2.37 bits per heavy atom. The van der Waals surface area contributed by atoms with E-state index in [-0.39, 0.29) is 5.90 Å². The van der Waals surface area contributed by atoms with Gasteiger partial charge in [0.15, 0.2) is 6.10 Å². The average molecular weight is 448 g/mol. The molecule has 0 aliphatic heterocycles. The highest BCUT2D eigenvalue weighted by Gasteiger charge is 2.23. The zero-order valence-corrected chi connectivity index (χ0v) is 18.6. The summed E-state index contributed by atoms with van der Waals surface area (Å²) < 4.78 is 10.6. The predicted molar refractivity (Wildman–Crippen MR) is 120 cm³/mol. The summed E-state index contributed by atoms with van der Waals surface area (Å²) in [5.74, 6) is -1.07. The summed E-state index contributed by atoms with van der Waals surface area (Å²) >= 11 is 12.5. The first-order valence-electron chi connectivity index (χ1n) is 9.40. The molecule has 7 heteroatoms. The summed E-state index contributed by atoms with van der Waals surface area (Å²) in [7, 11) is 0.